The topological polar surface area (TPSA) is 68.0 Å². The van der Waals surface area contributed by atoms with Crippen molar-refractivity contribution in [3.8, 4) is 0 Å². The number of aromatic nitrogens is 4. The summed E-state index contributed by atoms with van der Waals surface area (Å²) in [6.07, 6.45) is -4.71. The van der Waals surface area contributed by atoms with Crippen molar-refractivity contribution in [3.63, 3.8) is 0 Å². The fraction of sp³-hybridized carbons (Fsp3) is 0.435. The molecule has 33 heavy (non-hydrogen) atoms. The zero-order chi connectivity index (χ0) is 24.1. The minimum absolute atomic E-state index is 0.0296. The molecular weight excluding hydrogens is 433 g/mol. The first-order chi connectivity index (χ1) is 15.5. The number of aryl methyl sites for hydroxylation is 3. The van der Waals surface area contributed by atoms with Crippen molar-refractivity contribution in [1.29, 1.82) is 0 Å². The summed E-state index contributed by atoms with van der Waals surface area (Å²) in [4.78, 5) is 14.5. The fourth-order valence-electron chi connectivity index (χ4n) is 4.25. The van der Waals surface area contributed by atoms with Crippen molar-refractivity contribution in [3.05, 3.63) is 64.1 Å². The molecule has 176 valence electrons. The molecule has 10 heteroatoms. The molecule has 0 bridgehead atoms. The Morgan fingerprint density at radius 3 is 2.42 bits per heavy atom. The Kier molecular flexibility index (Phi) is 5.71. The Morgan fingerprint density at radius 1 is 1.18 bits per heavy atom. The summed E-state index contributed by atoms with van der Waals surface area (Å²) < 4.78 is 44.4. The molecule has 1 aliphatic heterocycles. The van der Waals surface area contributed by atoms with Gasteiger partial charge in [0.25, 0.3) is 5.91 Å². The van der Waals surface area contributed by atoms with Gasteiger partial charge in [0.1, 0.15) is 5.82 Å². The van der Waals surface area contributed by atoms with Crippen molar-refractivity contribution >= 4 is 11.7 Å². The lowest BCUT2D eigenvalue weighted by atomic mass is 9.96. The van der Waals surface area contributed by atoms with Gasteiger partial charge in [-0.3, -0.25) is 9.48 Å². The van der Waals surface area contributed by atoms with Crippen LogP contribution in [0.25, 0.3) is 0 Å². The summed E-state index contributed by atoms with van der Waals surface area (Å²) in [5.74, 6) is -0.270. The molecule has 4 rings (SSSR count). The third kappa shape index (κ3) is 4.34. The number of alkyl halides is 3. The minimum Gasteiger partial charge on any atom is -0.363 e. The summed E-state index contributed by atoms with van der Waals surface area (Å²) >= 11 is 0. The van der Waals surface area contributed by atoms with Gasteiger partial charge in [0.15, 0.2) is 11.7 Å². The second kappa shape index (κ2) is 8.24. The van der Waals surface area contributed by atoms with Crippen LogP contribution < -0.4 is 5.32 Å². The highest BCUT2D eigenvalue weighted by Crippen LogP contribution is 2.43. The molecule has 3 aromatic rings. The first kappa shape index (κ1) is 22.9. The van der Waals surface area contributed by atoms with Gasteiger partial charge in [-0.15, -0.1) is 0 Å². The van der Waals surface area contributed by atoms with Crippen LogP contribution in [0, 0.1) is 20.8 Å². The second-order valence-corrected chi connectivity index (χ2v) is 8.69. The molecule has 0 aliphatic carbocycles. The molecular formula is C23H27F3N6O. The van der Waals surface area contributed by atoms with Gasteiger partial charge in [-0.05, 0) is 26.3 Å². The third-order valence-electron chi connectivity index (χ3n) is 6.29. The van der Waals surface area contributed by atoms with Crippen LogP contribution in [0.15, 0.2) is 30.3 Å². The molecule has 1 amide bonds. The molecule has 1 aromatic carbocycles. The van der Waals surface area contributed by atoms with Gasteiger partial charge in [-0.1, -0.05) is 29.8 Å². The van der Waals surface area contributed by atoms with Gasteiger partial charge in [0, 0.05) is 44.4 Å². The van der Waals surface area contributed by atoms with Crippen molar-refractivity contribution in [2.75, 3.05) is 12.4 Å². The van der Waals surface area contributed by atoms with Crippen molar-refractivity contribution in [2.45, 2.75) is 52.0 Å². The number of rotatable bonds is 4. The maximum atomic E-state index is 13.9. The molecule has 0 unspecified atom stereocenters. The number of amides is 1. The van der Waals surface area contributed by atoms with E-state index in [1.807, 2.05) is 52.1 Å². The van der Waals surface area contributed by atoms with Crippen molar-refractivity contribution in [1.82, 2.24) is 24.5 Å². The molecule has 0 fully saturated rings. The fourth-order valence-corrected chi connectivity index (χ4v) is 4.25. The normalized spacial score (nSPS) is 18.1. The number of nitrogens with zero attached hydrogens (tertiary/aromatic N) is 5. The van der Waals surface area contributed by atoms with Crippen LogP contribution in [0.4, 0.5) is 19.0 Å². The molecule has 1 N–H and O–H groups in total. The molecule has 0 spiro atoms. The maximum absolute atomic E-state index is 13.9. The quantitative estimate of drug-likeness (QED) is 0.624. The highest BCUT2D eigenvalue weighted by atomic mass is 19.4. The smallest absolute Gasteiger partial charge is 0.363 e. The highest BCUT2D eigenvalue weighted by molar-refractivity contribution is 5.93. The first-order valence-corrected chi connectivity index (χ1v) is 10.7. The molecule has 2 aromatic heterocycles. The van der Waals surface area contributed by atoms with Crippen molar-refractivity contribution < 1.29 is 18.0 Å². The number of hydrogen-bond acceptors (Lipinski definition) is 4. The third-order valence-corrected chi connectivity index (χ3v) is 6.29. The number of carbonyl (C=O) groups excluding carboxylic acids is 1. The van der Waals surface area contributed by atoms with Crippen LogP contribution in [0.3, 0.4) is 0 Å². The summed E-state index contributed by atoms with van der Waals surface area (Å²) in [6, 6.07) is 6.43. The lowest BCUT2D eigenvalue weighted by molar-refractivity contribution is -0.173. The van der Waals surface area contributed by atoms with E-state index < -0.39 is 24.2 Å². The van der Waals surface area contributed by atoms with E-state index in [-0.39, 0.29) is 24.5 Å². The predicted octanol–water partition coefficient (Wildman–Crippen LogP) is 4.47. The van der Waals surface area contributed by atoms with Gasteiger partial charge >= 0.3 is 6.18 Å². The van der Waals surface area contributed by atoms with Gasteiger partial charge < -0.3 is 10.2 Å². The molecule has 0 saturated carbocycles. The summed E-state index contributed by atoms with van der Waals surface area (Å²) in [5.41, 5.74) is 4.40. The number of hydrogen-bond donors (Lipinski definition) is 1. The summed E-state index contributed by atoms with van der Waals surface area (Å²) in [5, 5.41) is 11.6. The number of anilines is 1. The van der Waals surface area contributed by atoms with Crippen LogP contribution in [0.5, 0.6) is 0 Å². The predicted molar refractivity (Wildman–Crippen MR) is 118 cm³/mol. The van der Waals surface area contributed by atoms with Crippen LogP contribution in [-0.2, 0) is 13.6 Å². The number of benzene rings is 1. The zero-order valence-corrected chi connectivity index (χ0v) is 19.2. The van der Waals surface area contributed by atoms with Gasteiger partial charge in [-0.25, -0.2) is 4.68 Å². The van der Waals surface area contributed by atoms with Crippen LogP contribution >= 0.6 is 0 Å². The summed E-state index contributed by atoms with van der Waals surface area (Å²) in [7, 11) is 3.43. The standard InChI is InChI=1S/C23H27F3N6O/c1-13-6-8-16(9-7-13)18-10-20(23(24,25)26)32-21(27-18)11-19(29-32)22(33)30(4)12-17-14(2)28-31(5)15(17)3/h6-9,11,18,20,27H,10,12H2,1-5H3/t18-,20+/m1/s1. The molecule has 0 saturated heterocycles. The van der Waals surface area contributed by atoms with E-state index >= 15 is 0 Å². The first-order valence-electron chi connectivity index (χ1n) is 10.7. The minimum atomic E-state index is -4.50. The molecule has 1 aliphatic rings. The Labute approximate surface area is 190 Å². The van der Waals surface area contributed by atoms with E-state index in [4.69, 9.17) is 0 Å². The number of nitrogens with one attached hydrogen (secondary N) is 1. The van der Waals surface area contributed by atoms with Crippen LogP contribution in [-0.4, -0.2) is 43.6 Å². The number of halogens is 3. The van der Waals surface area contributed by atoms with Gasteiger partial charge in [0.05, 0.1) is 11.7 Å². The molecule has 7 nitrogen and oxygen atoms in total. The van der Waals surface area contributed by atoms with E-state index in [1.165, 1.54) is 11.0 Å². The second-order valence-electron chi connectivity index (χ2n) is 8.69. The Morgan fingerprint density at radius 2 is 1.85 bits per heavy atom. The largest absolute Gasteiger partial charge is 0.410 e. The molecule has 0 radical (unpaired) electrons. The van der Waals surface area contributed by atoms with E-state index in [0.29, 0.717) is 0 Å². The SMILES string of the molecule is Cc1ccc([C@H]2C[C@@H](C(F)(F)F)n3nc(C(=O)N(C)Cc4c(C)nn(C)c4C)cc3N2)cc1. The Bertz CT molecular complexity index is 1180. The van der Waals surface area contributed by atoms with Crippen LogP contribution in [0.1, 0.15) is 57.1 Å². The number of fused-ring (bicyclic) bond motifs is 1. The van der Waals surface area contributed by atoms with E-state index in [0.717, 1.165) is 32.8 Å². The summed E-state index contributed by atoms with van der Waals surface area (Å²) in [6.45, 7) is 5.98. The highest BCUT2D eigenvalue weighted by Gasteiger charge is 2.47. The molecule has 3 heterocycles. The average molecular weight is 461 g/mol. The zero-order valence-electron chi connectivity index (χ0n) is 19.2. The Balaban J connectivity index is 1.62. The average Bonchev–Trinajstić information content (AvgIpc) is 3.28. The molecule has 2 atom stereocenters. The van der Waals surface area contributed by atoms with Crippen molar-refractivity contribution in [2.24, 2.45) is 7.05 Å². The van der Waals surface area contributed by atoms with E-state index in [9.17, 15) is 18.0 Å². The van der Waals surface area contributed by atoms with E-state index in [1.54, 1.807) is 11.7 Å². The Hall–Kier alpha value is -3.30. The number of carbonyl (C=O) groups is 1. The van der Waals surface area contributed by atoms with Gasteiger partial charge in [0.2, 0.25) is 0 Å². The maximum Gasteiger partial charge on any atom is 0.410 e. The lowest BCUT2D eigenvalue weighted by Crippen LogP contribution is -2.35. The van der Waals surface area contributed by atoms with Gasteiger partial charge in [-0.2, -0.15) is 23.4 Å². The lowest BCUT2D eigenvalue weighted by Gasteiger charge is -2.33. The monoisotopic (exact) mass is 460 g/mol. The van der Waals surface area contributed by atoms with Crippen LogP contribution in [0.2, 0.25) is 0 Å². The van der Waals surface area contributed by atoms with E-state index in [2.05, 4.69) is 15.5 Å².